The Kier molecular flexibility index (Phi) is 5.26. The van der Waals surface area contributed by atoms with Crippen LogP contribution in [0.1, 0.15) is 44.9 Å². The molecule has 21 heavy (non-hydrogen) atoms. The molecular weight excluding hydrogens is 276 g/mol. The zero-order valence-corrected chi connectivity index (χ0v) is 13.6. The summed E-state index contributed by atoms with van der Waals surface area (Å²) in [7, 11) is 0. The number of thiocarbonyl (C=S) groups is 1. The van der Waals surface area contributed by atoms with Crippen molar-refractivity contribution in [3.63, 3.8) is 0 Å². The summed E-state index contributed by atoms with van der Waals surface area (Å²) in [4.78, 5) is 3.77. The van der Waals surface area contributed by atoms with E-state index in [1.165, 1.54) is 58.0 Å². The molecule has 3 heteroatoms. The molecule has 1 aliphatic carbocycles. The van der Waals surface area contributed by atoms with E-state index in [9.17, 15) is 0 Å². The molecule has 0 radical (unpaired) electrons. The van der Waals surface area contributed by atoms with Gasteiger partial charge in [-0.1, -0.05) is 49.7 Å². The highest BCUT2D eigenvalue weighted by molar-refractivity contribution is 7.80. The number of hydrogen-bond acceptors (Lipinski definition) is 2. The fraction of sp³-hybridized carbons (Fsp3) is 0.611. The summed E-state index contributed by atoms with van der Waals surface area (Å²) in [5, 5.41) is 3.49. The van der Waals surface area contributed by atoms with Gasteiger partial charge in [0.25, 0.3) is 0 Å². The van der Waals surface area contributed by atoms with Gasteiger partial charge >= 0.3 is 0 Å². The van der Waals surface area contributed by atoms with Crippen molar-refractivity contribution < 1.29 is 0 Å². The maximum absolute atomic E-state index is 5.76. The fourth-order valence-corrected chi connectivity index (χ4v) is 4.25. The Balaban J connectivity index is 1.66. The first kappa shape index (κ1) is 15.0. The molecule has 1 saturated heterocycles. The van der Waals surface area contributed by atoms with Crippen molar-refractivity contribution in [2.75, 3.05) is 18.4 Å². The van der Waals surface area contributed by atoms with Crippen LogP contribution in [0, 0.1) is 5.92 Å². The third-order valence-electron chi connectivity index (χ3n) is 4.97. The molecule has 3 rings (SSSR count). The fourth-order valence-electron chi connectivity index (χ4n) is 3.86. The summed E-state index contributed by atoms with van der Waals surface area (Å²) in [6, 6.07) is 11.0. The first-order chi connectivity index (χ1) is 10.3. The van der Waals surface area contributed by atoms with Crippen LogP contribution in [0.15, 0.2) is 30.3 Å². The van der Waals surface area contributed by atoms with Crippen LogP contribution in [0.4, 0.5) is 5.69 Å². The average Bonchev–Trinajstić information content (AvgIpc) is 2.56. The van der Waals surface area contributed by atoms with E-state index < -0.39 is 0 Å². The lowest BCUT2D eigenvalue weighted by atomic mass is 9.82. The molecule has 0 spiro atoms. The number of para-hydroxylation sites is 1. The molecule has 114 valence electrons. The van der Waals surface area contributed by atoms with E-state index in [1.54, 1.807) is 0 Å². The predicted molar refractivity (Wildman–Crippen MR) is 93.8 cm³/mol. The van der Waals surface area contributed by atoms with Crippen LogP contribution in [0.5, 0.6) is 0 Å². The number of anilines is 1. The number of nitrogens with one attached hydrogen (secondary N) is 1. The number of hydrogen-bond donors (Lipinski definition) is 1. The Bertz CT molecular complexity index is 454. The zero-order chi connectivity index (χ0) is 14.5. The van der Waals surface area contributed by atoms with Crippen molar-refractivity contribution in [2.24, 2.45) is 5.92 Å². The largest absolute Gasteiger partial charge is 0.350 e. The molecule has 2 fully saturated rings. The summed E-state index contributed by atoms with van der Waals surface area (Å²) in [6.07, 6.45) is 9.39. The molecular formula is C18H26N2S. The molecule has 1 N–H and O–H groups in total. The smallest absolute Gasteiger partial charge is 0.0844 e. The molecule has 1 aromatic rings. The van der Waals surface area contributed by atoms with Crippen molar-refractivity contribution >= 4 is 22.9 Å². The molecule has 2 nitrogen and oxygen atoms in total. The Morgan fingerprint density at radius 2 is 1.67 bits per heavy atom. The van der Waals surface area contributed by atoms with Crippen LogP contribution in [0.2, 0.25) is 0 Å². The Morgan fingerprint density at radius 3 is 2.43 bits per heavy atom. The standard InChI is InChI=1S/C18H26N2S/c21-18(19-15-9-3-1-4-10-15)16-11-5-6-12-17(16)20-13-7-2-8-14-20/h1,3-4,9-10,16-17H,2,5-8,11-14H2,(H,19,21)/t16-,17+/m0/s1. The third-order valence-corrected chi connectivity index (χ3v) is 5.37. The quantitative estimate of drug-likeness (QED) is 0.829. The van der Waals surface area contributed by atoms with Gasteiger partial charge in [-0.2, -0.15) is 0 Å². The van der Waals surface area contributed by atoms with Gasteiger partial charge in [0.2, 0.25) is 0 Å². The second-order valence-electron chi connectivity index (χ2n) is 6.41. The van der Waals surface area contributed by atoms with Gasteiger partial charge in [-0.15, -0.1) is 0 Å². The molecule has 2 aliphatic rings. The van der Waals surface area contributed by atoms with Crippen molar-refractivity contribution in [3.05, 3.63) is 30.3 Å². The highest BCUT2D eigenvalue weighted by Gasteiger charge is 2.33. The summed E-state index contributed by atoms with van der Waals surface area (Å²) in [6.45, 7) is 2.55. The molecule has 1 aliphatic heterocycles. The molecule has 1 heterocycles. The number of rotatable bonds is 3. The summed E-state index contributed by atoms with van der Waals surface area (Å²) in [5.41, 5.74) is 1.13. The first-order valence-corrected chi connectivity index (χ1v) is 8.85. The maximum atomic E-state index is 5.76. The first-order valence-electron chi connectivity index (χ1n) is 8.44. The Hall–Kier alpha value is -0.930. The van der Waals surface area contributed by atoms with E-state index >= 15 is 0 Å². The normalized spacial score (nSPS) is 27.2. The second kappa shape index (κ2) is 7.37. The van der Waals surface area contributed by atoms with Gasteiger partial charge < -0.3 is 5.32 Å². The summed E-state index contributed by atoms with van der Waals surface area (Å²) < 4.78 is 0. The second-order valence-corrected chi connectivity index (χ2v) is 6.85. The van der Waals surface area contributed by atoms with Crippen molar-refractivity contribution in [3.8, 4) is 0 Å². The van der Waals surface area contributed by atoms with Crippen molar-refractivity contribution in [1.29, 1.82) is 0 Å². The maximum Gasteiger partial charge on any atom is 0.0844 e. The lowest BCUT2D eigenvalue weighted by Gasteiger charge is -2.42. The summed E-state index contributed by atoms with van der Waals surface area (Å²) in [5.74, 6) is 0.534. The number of likely N-dealkylation sites (tertiary alicyclic amines) is 1. The molecule has 0 amide bonds. The van der Waals surface area contributed by atoms with E-state index in [0.717, 1.165) is 10.7 Å². The minimum Gasteiger partial charge on any atom is -0.350 e. The van der Waals surface area contributed by atoms with Gasteiger partial charge in [-0.05, 0) is 50.9 Å². The molecule has 1 aromatic carbocycles. The zero-order valence-electron chi connectivity index (χ0n) is 12.8. The molecule has 0 bridgehead atoms. The minimum absolute atomic E-state index is 0.534. The van der Waals surface area contributed by atoms with Crippen molar-refractivity contribution in [1.82, 2.24) is 4.90 Å². The number of piperidine rings is 1. The highest BCUT2D eigenvalue weighted by atomic mass is 32.1. The van der Waals surface area contributed by atoms with Crippen LogP contribution < -0.4 is 5.32 Å². The SMILES string of the molecule is S=C(Nc1ccccc1)[C@H]1CCCC[C@H]1N1CCCCC1. The topological polar surface area (TPSA) is 15.3 Å². The monoisotopic (exact) mass is 302 g/mol. The predicted octanol–water partition coefficient (Wildman–Crippen LogP) is 4.47. The molecule has 0 unspecified atom stereocenters. The highest BCUT2D eigenvalue weighted by Crippen LogP contribution is 2.31. The van der Waals surface area contributed by atoms with Gasteiger partial charge in [-0.25, -0.2) is 0 Å². The molecule has 0 aromatic heterocycles. The van der Waals surface area contributed by atoms with E-state index in [2.05, 4.69) is 34.5 Å². The van der Waals surface area contributed by atoms with E-state index in [-0.39, 0.29) is 0 Å². The van der Waals surface area contributed by atoms with Crippen LogP contribution in [-0.4, -0.2) is 29.0 Å². The number of nitrogens with zero attached hydrogens (tertiary/aromatic N) is 1. The Labute approximate surface area is 133 Å². The van der Waals surface area contributed by atoms with Gasteiger partial charge in [0.05, 0.1) is 4.99 Å². The minimum atomic E-state index is 0.534. The lowest BCUT2D eigenvalue weighted by molar-refractivity contribution is 0.110. The van der Waals surface area contributed by atoms with Gasteiger partial charge in [0.1, 0.15) is 0 Å². The summed E-state index contributed by atoms with van der Waals surface area (Å²) >= 11 is 5.76. The van der Waals surface area contributed by atoms with E-state index in [4.69, 9.17) is 12.2 Å². The lowest BCUT2D eigenvalue weighted by Crippen LogP contribution is -2.48. The third kappa shape index (κ3) is 3.83. The van der Waals surface area contributed by atoms with Crippen molar-refractivity contribution in [2.45, 2.75) is 51.0 Å². The van der Waals surface area contributed by atoms with Gasteiger partial charge in [-0.3, -0.25) is 4.90 Å². The number of benzene rings is 1. The average molecular weight is 302 g/mol. The van der Waals surface area contributed by atoms with Crippen LogP contribution in [-0.2, 0) is 0 Å². The van der Waals surface area contributed by atoms with Crippen LogP contribution in [0.3, 0.4) is 0 Å². The molecule has 2 atom stereocenters. The van der Waals surface area contributed by atoms with E-state index in [1.807, 2.05) is 6.07 Å². The van der Waals surface area contributed by atoms with Crippen LogP contribution >= 0.6 is 12.2 Å². The van der Waals surface area contributed by atoms with E-state index in [0.29, 0.717) is 12.0 Å². The Morgan fingerprint density at radius 1 is 0.952 bits per heavy atom. The van der Waals surface area contributed by atoms with Crippen LogP contribution in [0.25, 0.3) is 0 Å². The molecule has 1 saturated carbocycles. The van der Waals surface area contributed by atoms with Gasteiger partial charge in [0, 0.05) is 17.6 Å². The van der Waals surface area contributed by atoms with Gasteiger partial charge in [0.15, 0.2) is 0 Å².